The second-order valence-electron chi connectivity index (χ2n) is 4.87. The highest BCUT2D eigenvalue weighted by Crippen LogP contribution is 2.08. The molecule has 0 bridgehead atoms. The molecule has 0 unspecified atom stereocenters. The number of aromatic amines is 2. The monoisotopic (exact) mass is 284 g/mol. The topological polar surface area (TPSA) is 83.5 Å². The lowest BCUT2D eigenvalue weighted by molar-refractivity contribution is 0.718. The molecule has 0 atom stereocenters. The van der Waals surface area contributed by atoms with E-state index in [1.54, 1.807) is 0 Å². The van der Waals surface area contributed by atoms with E-state index in [4.69, 9.17) is 0 Å². The van der Waals surface area contributed by atoms with E-state index in [1.165, 1.54) is 10.1 Å². The molecule has 2 heterocycles. The molecule has 6 heteroatoms. The van der Waals surface area contributed by atoms with E-state index in [0.29, 0.717) is 30.0 Å². The molecule has 0 radical (unpaired) electrons. The second-order valence-corrected chi connectivity index (χ2v) is 4.87. The van der Waals surface area contributed by atoms with Crippen molar-refractivity contribution < 1.29 is 0 Å². The third-order valence-corrected chi connectivity index (χ3v) is 3.49. The van der Waals surface area contributed by atoms with Crippen LogP contribution in [0, 0.1) is 0 Å². The Balaban J connectivity index is 1.96. The normalized spacial score (nSPS) is 11.1. The van der Waals surface area contributed by atoms with Gasteiger partial charge in [-0.15, -0.1) is 0 Å². The lowest BCUT2D eigenvalue weighted by atomic mass is 10.1. The van der Waals surface area contributed by atoms with Crippen LogP contribution in [0.4, 0.5) is 0 Å². The number of hydrogen-bond acceptors (Lipinski definition) is 3. The quantitative estimate of drug-likeness (QED) is 0.755. The number of nitrogens with one attached hydrogen (secondary N) is 2. The molecule has 108 valence electrons. The Morgan fingerprint density at radius 3 is 2.57 bits per heavy atom. The van der Waals surface area contributed by atoms with Crippen molar-refractivity contribution >= 4 is 11.2 Å². The third-order valence-electron chi connectivity index (χ3n) is 3.49. The van der Waals surface area contributed by atoms with Gasteiger partial charge >= 0.3 is 5.69 Å². The molecule has 2 aromatic heterocycles. The Morgan fingerprint density at radius 1 is 1.10 bits per heavy atom. The highest BCUT2D eigenvalue weighted by molar-refractivity contribution is 5.69. The van der Waals surface area contributed by atoms with Gasteiger partial charge in [0.1, 0.15) is 11.3 Å². The summed E-state index contributed by atoms with van der Waals surface area (Å²) in [5, 5.41) is 0. The van der Waals surface area contributed by atoms with Crippen LogP contribution in [-0.4, -0.2) is 19.5 Å². The summed E-state index contributed by atoms with van der Waals surface area (Å²) in [4.78, 5) is 33.3. The summed E-state index contributed by atoms with van der Waals surface area (Å²) >= 11 is 0. The minimum absolute atomic E-state index is 0.361. The van der Waals surface area contributed by atoms with E-state index in [1.807, 2.05) is 25.1 Å². The van der Waals surface area contributed by atoms with Crippen LogP contribution in [0.25, 0.3) is 11.2 Å². The molecule has 3 rings (SSSR count). The number of H-pyrrole nitrogens is 2. The lowest BCUT2D eigenvalue weighted by Gasteiger charge is -2.00. The maximum Gasteiger partial charge on any atom is 0.330 e. The molecule has 1 aromatic carbocycles. The average molecular weight is 284 g/mol. The summed E-state index contributed by atoms with van der Waals surface area (Å²) in [5.41, 5.74) is 1.16. The van der Waals surface area contributed by atoms with E-state index >= 15 is 0 Å². The van der Waals surface area contributed by atoms with E-state index in [2.05, 4.69) is 27.1 Å². The van der Waals surface area contributed by atoms with Crippen LogP contribution < -0.4 is 11.2 Å². The summed E-state index contributed by atoms with van der Waals surface area (Å²) in [6.45, 7) is 2.31. The zero-order chi connectivity index (χ0) is 14.8. The van der Waals surface area contributed by atoms with E-state index in [9.17, 15) is 9.59 Å². The number of rotatable bonds is 4. The van der Waals surface area contributed by atoms with Crippen molar-refractivity contribution in [3.05, 3.63) is 62.6 Å². The number of aryl methyl sites for hydroxylation is 3. The first-order chi connectivity index (χ1) is 10.2. The Kier molecular flexibility index (Phi) is 3.43. The van der Waals surface area contributed by atoms with Gasteiger partial charge in [-0.3, -0.25) is 14.3 Å². The van der Waals surface area contributed by atoms with Gasteiger partial charge < -0.3 is 4.98 Å². The van der Waals surface area contributed by atoms with Crippen molar-refractivity contribution in [2.75, 3.05) is 0 Å². The fourth-order valence-corrected chi connectivity index (χ4v) is 2.41. The molecule has 0 aliphatic carbocycles. The van der Waals surface area contributed by atoms with Crippen LogP contribution in [0.1, 0.15) is 18.3 Å². The summed E-state index contributed by atoms with van der Waals surface area (Å²) in [6.07, 6.45) is 1.52. The third kappa shape index (κ3) is 2.52. The van der Waals surface area contributed by atoms with E-state index in [-0.39, 0.29) is 0 Å². The first-order valence-electron chi connectivity index (χ1n) is 6.94. The highest BCUT2D eigenvalue weighted by Gasteiger charge is 2.11. The fourth-order valence-electron chi connectivity index (χ4n) is 2.41. The van der Waals surface area contributed by atoms with Crippen molar-refractivity contribution in [2.45, 2.75) is 26.3 Å². The Morgan fingerprint density at radius 2 is 1.86 bits per heavy atom. The molecule has 21 heavy (non-hydrogen) atoms. The second kappa shape index (κ2) is 5.40. The van der Waals surface area contributed by atoms with Gasteiger partial charge in [-0.1, -0.05) is 30.3 Å². The number of imidazole rings is 1. The molecule has 0 aliphatic heterocycles. The van der Waals surface area contributed by atoms with Crippen molar-refractivity contribution in [2.24, 2.45) is 0 Å². The zero-order valence-corrected chi connectivity index (χ0v) is 11.7. The first kappa shape index (κ1) is 13.4. The van der Waals surface area contributed by atoms with Crippen molar-refractivity contribution in [3.63, 3.8) is 0 Å². The number of nitrogens with zero attached hydrogens (tertiary/aromatic N) is 2. The van der Waals surface area contributed by atoms with Gasteiger partial charge in [-0.25, -0.2) is 9.78 Å². The Bertz CT molecular complexity index is 874. The SMILES string of the molecule is CCn1c(=O)[nH]c(=O)c2[nH]c(CCc3ccccc3)nc21. The minimum atomic E-state index is -0.420. The smallest absolute Gasteiger partial charge is 0.330 e. The van der Waals surface area contributed by atoms with Crippen LogP contribution in [0.15, 0.2) is 39.9 Å². The van der Waals surface area contributed by atoms with Gasteiger partial charge in [0, 0.05) is 13.0 Å². The molecule has 3 aromatic rings. The molecule has 0 amide bonds. The van der Waals surface area contributed by atoms with E-state index in [0.717, 1.165) is 6.42 Å². The van der Waals surface area contributed by atoms with E-state index < -0.39 is 11.2 Å². The van der Waals surface area contributed by atoms with Crippen LogP contribution >= 0.6 is 0 Å². The largest absolute Gasteiger partial charge is 0.336 e. The van der Waals surface area contributed by atoms with Crippen molar-refractivity contribution in [3.8, 4) is 0 Å². The number of hydrogen-bond donors (Lipinski definition) is 2. The molecule has 0 aliphatic rings. The van der Waals surface area contributed by atoms with Gasteiger partial charge in [0.15, 0.2) is 5.65 Å². The van der Waals surface area contributed by atoms with Crippen LogP contribution in [0.5, 0.6) is 0 Å². The predicted molar refractivity (Wildman–Crippen MR) is 80.5 cm³/mol. The van der Waals surface area contributed by atoms with Gasteiger partial charge in [-0.05, 0) is 18.9 Å². The maximum absolute atomic E-state index is 11.8. The standard InChI is InChI=1S/C15H16N4O2/c1-2-19-13-12(14(20)18-15(19)21)16-11(17-13)9-8-10-6-4-3-5-7-10/h3-7H,2,8-9H2,1H3,(H,16,17)(H,18,20,21). The molecular weight excluding hydrogens is 268 g/mol. The van der Waals surface area contributed by atoms with Gasteiger partial charge in [0.05, 0.1) is 0 Å². The van der Waals surface area contributed by atoms with Gasteiger partial charge in [0.25, 0.3) is 5.56 Å². The van der Waals surface area contributed by atoms with Crippen LogP contribution in [0.2, 0.25) is 0 Å². The van der Waals surface area contributed by atoms with Crippen molar-refractivity contribution in [1.82, 2.24) is 19.5 Å². The molecule has 2 N–H and O–H groups in total. The van der Waals surface area contributed by atoms with Crippen LogP contribution in [0.3, 0.4) is 0 Å². The Hall–Kier alpha value is -2.63. The molecule has 0 saturated carbocycles. The fraction of sp³-hybridized carbons (Fsp3) is 0.267. The summed E-state index contributed by atoms with van der Waals surface area (Å²) in [6, 6.07) is 10.1. The summed E-state index contributed by atoms with van der Waals surface area (Å²) in [7, 11) is 0. The number of fused-ring (bicyclic) bond motifs is 1. The highest BCUT2D eigenvalue weighted by atomic mass is 16.2. The number of aromatic nitrogens is 4. The zero-order valence-electron chi connectivity index (χ0n) is 11.7. The summed E-state index contributed by atoms with van der Waals surface area (Å²) in [5.74, 6) is 0.715. The molecule has 0 saturated heterocycles. The molecule has 0 spiro atoms. The molecule has 0 fully saturated rings. The predicted octanol–water partition coefficient (Wildman–Crippen LogP) is 1.22. The minimum Gasteiger partial charge on any atom is -0.336 e. The van der Waals surface area contributed by atoms with Gasteiger partial charge in [0.2, 0.25) is 0 Å². The summed E-state index contributed by atoms with van der Waals surface area (Å²) < 4.78 is 1.46. The Labute approximate surface area is 120 Å². The lowest BCUT2D eigenvalue weighted by Crippen LogP contribution is -2.29. The average Bonchev–Trinajstić information content (AvgIpc) is 2.91. The maximum atomic E-state index is 11.8. The van der Waals surface area contributed by atoms with Crippen molar-refractivity contribution in [1.29, 1.82) is 0 Å². The van der Waals surface area contributed by atoms with Crippen LogP contribution in [-0.2, 0) is 19.4 Å². The molecular formula is C15H16N4O2. The molecule has 6 nitrogen and oxygen atoms in total. The first-order valence-corrected chi connectivity index (χ1v) is 6.94. The number of benzene rings is 1. The van der Waals surface area contributed by atoms with Gasteiger partial charge in [-0.2, -0.15) is 0 Å².